The Bertz CT molecular complexity index is 640. The van der Waals surface area contributed by atoms with Gasteiger partial charge in [0.25, 0.3) is 0 Å². The number of rotatable bonds is 5. The van der Waals surface area contributed by atoms with Crippen LogP contribution in [0, 0.1) is 0 Å². The number of hydrogen-bond acceptors (Lipinski definition) is 6. The first-order chi connectivity index (χ1) is 10.7. The minimum Gasteiger partial charge on any atom is -0.310 e. The van der Waals surface area contributed by atoms with Gasteiger partial charge in [-0.05, 0) is 51.3 Å². The third kappa shape index (κ3) is 3.83. The van der Waals surface area contributed by atoms with Crippen LogP contribution in [-0.4, -0.2) is 36.9 Å². The van der Waals surface area contributed by atoms with Gasteiger partial charge in [-0.25, -0.2) is 9.67 Å². The Balaban J connectivity index is 1.55. The second-order valence-electron chi connectivity index (χ2n) is 5.04. The summed E-state index contributed by atoms with van der Waals surface area (Å²) < 4.78 is 2.72. The summed E-state index contributed by atoms with van der Waals surface area (Å²) in [6.07, 6.45) is 6.28. The Hall–Kier alpha value is -1.48. The molecule has 1 aliphatic rings. The molecule has 0 saturated heterocycles. The molecule has 0 spiro atoms. The minimum atomic E-state index is -0.124. The summed E-state index contributed by atoms with van der Waals surface area (Å²) in [6, 6.07) is 3.94. The van der Waals surface area contributed by atoms with Crippen molar-refractivity contribution in [3.63, 3.8) is 0 Å². The van der Waals surface area contributed by atoms with Crippen LogP contribution in [0.4, 0.5) is 5.82 Å². The maximum Gasteiger partial charge on any atom is 0.236 e. The number of anilines is 1. The van der Waals surface area contributed by atoms with Crippen molar-refractivity contribution in [3.8, 4) is 0 Å². The zero-order chi connectivity index (χ0) is 15.4. The fourth-order valence-electron chi connectivity index (χ4n) is 2.42. The van der Waals surface area contributed by atoms with E-state index in [2.05, 4.69) is 41.8 Å². The molecule has 1 saturated carbocycles. The molecule has 0 aliphatic heterocycles. The van der Waals surface area contributed by atoms with Gasteiger partial charge in [0.2, 0.25) is 11.1 Å². The molecule has 9 heteroatoms. The maximum absolute atomic E-state index is 12.0. The van der Waals surface area contributed by atoms with Crippen LogP contribution in [0.15, 0.2) is 28.0 Å². The lowest BCUT2D eigenvalue weighted by atomic mass is 10.3. The quantitative estimate of drug-likeness (QED) is 0.799. The van der Waals surface area contributed by atoms with Crippen molar-refractivity contribution in [2.24, 2.45) is 0 Å². The summed E-state index contributed by atoms with van der Waals surface area (Å²) in [4.78, 5) is 16.1. The molecule has 1 N–H and O–H groups in total. The molecule has 3 rings (SSSR count). The standard InChI is InChI=1S/C13H15BrN6OS/c14-9-5-6-11(15-7-9)16-12(21)8-22-13-17-18-19-20(13)10-3-1-2-4-10/h5-7,10H,1-4,8H2,(H,15,16,21). The van der Waals surface area contributed by atoms with E-state index in [-0.39, 0.29) is 11.7 Å². The highest BCUT2D eigenvalue weighted by Gasteiger charge is 2.22. The van der Waals surface area contributed by atoms with Gasteiger partial charge in [0.1, 0.15) is 5.82 Å². The first-order valence-electron chi connectivity index (χ1n) is 7.04. The SMILES string of the molecule is O=C(CSc1nnnn1C1CCCC1)Nc1ccc(Br)cn1. The Morgan fingerprint density at radius 2 is 2.23 bits per heavy atom. The van der Waals surface area contributed by atoms with Gasteiger partial charge in [-0.1, -0.05) is 24.6 Å². The van der Waals surface area contributed by atoms with E-state index in [1.165, 1.54) is 24.6 Å². The van der Waals surface area contributed by atoms with Crippen LogP contribution in [0.1, 0.15) is 31.7 Å². The van der Waals surface area contributed by atoms with Crippen molar-refractivity contribution in [3.05, 3.63) is 22.8 Å². The number of carbonyl (C=O) groups is 1. The van der Waals surface area contributed by atoms with E-state index in [0.717, 1.165) is 17.3 Å². The third-order valence-corrected chi connectivity index (χ3v) is 4.86. The van der Waals surface area contributed by atoms with E-state index >= 15 is 0 Å². The molecular formula is C13H15BrN6OS. The Kier molecular flexibility index (Phi) is 5.04. The van der Waals surface area contributed by atoms with E-state index in [9.17, 15) is 4.79 Å². The van der Waals surface area contributed by atoms with E-state index in [0.29, 0.717) is 17.0 Å². The maximum atomic E-state index is 12.0. The average Bonchev–Trinajstić information content (AvgIpc) is 3.18. The summed E-state index contributed by atoms with van der Waals surface area (Å²) >= 11 is 4.65. The first-order valence-corrected chi connectivity index (χ1v) is 8.82. The second-order valence-corrected chi connectivity index (χ2v) is 6.90. The van der Waals surface area contributed by atoms with Gasteiger partial charge in [0.15, 0.2) is 0 Å². The first kappa shape index (κ1) is 15.4. The molecule has 1 amide bonds. The second kappa shape index (κ2) is 7.19. The van der Waals surface area contributed by atoms with Crippen molar-refractivity contribution in [2.75, 3.05) is 11.1 Å². The third-order valence-electron chi connectivity index (χ3n) is 3.46. The Labute approximate surface area is 140 Å². The molecule has 0 aromatic carbocycles. The van der Waals surface area contributed by atoms with Crippen LogP contribution in [0.3, 0.4) is 0 Å². The van der Waals surface area contributed by atoms with E-state index in [1.807, 2.05) is 10.7 Å². The predicted molar refractivity (Wildman–Crippen MR) is 86.6 cm³/mol. The van der Waals surface area contributed by atoms with Crippen LogP contribution >= 0.6 is 27.7 Å². The van der Waals surface area contributed by atoms with Crippen molar-refractivity contribution in [1.29, 1.82) is 0 Å². The number of pyridine rings is 1. The number of halogens is 1. The monoisotopic (exact) mass is 382 g/mol. The summed E-state index contributed by atoms with van der Waals surface area (Å²) in [5.74, 6) is 0.662. The molecule has 0 unspecified atom stereocenters. The van der Waals surface area contributed by atoms with Crippen molar-refractivity contribution < 1.29 is 4.79 Å². The fraction of sp³-hybridized carbons (Fsp3) is 0.462. The van der Waals surface area contributed by atoms with Crippen molar-refractivity contribution in [1.82, 2.24) is 25.2 Å². The zero-order valence-corrected chi connectivity index (χ0v) is 14.2. The Morgan fingerprint density at radius 3 is 2.95 bits per heavy atom. The number of hydrogen-bond donors (Lipinski definition) is 1. The van der Waals surface area contributed by atoms with Gasteiger partial charge in [-0.3, -0.25) is 4.79 Å². The highest BCUT2D eigenvalue weighted by molar-refractivity contribution is 9.10. The van der Waals surface area contributed by atoms with Gasteiger partial charge >= 0.3 is 0 Å². The lowest BCUT2D eigenvalue weighted by molar-refractivity contribution is -0.113. The molecule has 0 bridgehead atoms. The molecule has 7 nitrogen and oxygen atoms in total. The number of nitrogens with zero attached hydrogens (tertiary/aromatic N) is 5. The predicted octanol–water partition coefficient (Wildman–Crippen LogP) is 2.68. The summed E-state index contributed by atoms with van der Waals surface area (Å²) in [5, 5.41) is 15.3. The molecule has 116 valence electrons. The molecule has 1 aliphatic carbocycles. The lowest BCUT2D eigenvalue weighted by Gasteiger charge is -2.10. The van der Waals surface area contributed by atoms with Gasteiger partial charge in [-0.15, -0.1) is 5.10 Å². The van der Waals surface area contributed by atoms with Gasteiger partial charge in [-0.2, -0.15) is 0 Å². The average molecular weight is 383 g/mol. The number of nitrogens with one attached hydrogen (secondary N) is 1. The number of carbonyl (C=O) groups excluding carboxylic acids is 1. The minimum absolute atomic E-state index is 0.124. The zero-order valence-electron chi connectivity index (χ0n) is 11.8. The highest BCUT2D eigenvalue weighted by Crippen LogP contribution is 2.31. The van der Waals surface area contributed by atoms with Crippen molar-refractivity contribution >= 4 is 39.4 Å². The number of thioether (sulfide) groups is 1. The smallest absolute Gasteiger partial charge is 0.236 e. The van der Waals surface area contributed by atoms with Crippen LogP contribution in [0.5, 0.6) is 0 Å². The van der Waals surface area contributed by atoms with Crippen LogP contribution in [0.2, 0.25) is 0 Å². The molecule has 22 heavy (non-hydrogen) atoms. The van der Waals surface area contributed by atoms with Crippen LogP contribution in [-0.2, 0) is 4.79 Å². The van der Waals surface area contributed by atoms with E-state index < -0.39 is 0 Å². The fourth-order valence-corrected chi connectivity index (χ4v) is 3.40. The summed E-state index contributed by atoms with van der Waals surface area (Å²) in [6.45, 7) is 0. The van der Waals surface area contributed by atoms with Crippen molar-refractivity contribution in [2.45, 2.75) is 36.9 Å². The normalized spacial score (nSPS) is 15.1. The number of tetrazole rings is 1. The van der Waals surface area contributed by atoms with Gasteiger partial charge in [0.05, 0.1) is 11.8 Å². The lowest BCUT2D eigenvalue weighted by Crippen LogP contribution is -2.16. The molecule has 2 aromatic rings. The van der Waals surface area contributed by atoms with Crippen LogP contribution in [0.25, 0.3) is 0 Å². The molecular weight excluding hydrogens is 368 g/mol. The molecule has 0 atom stereocenters. The van der Waals surface area contributed by atoms with Gasteiger partial charge < -0.3 is 5.32 Å². The van der Waals surface area contributed by atoms with E-state index in [1.54, 1.807) is 12.3 Å². The molecule has 0 radical (unpaired) electrons. The topological polar surface area (TPSA) is 85.6 Å². The largest absolute Gasteiger partial charge is 0.310 e. The van der Waals surface area contributed by atoms with Gasteiger partial charge in [0, 0.05) is 10.7 Å². The molecule has 2 heterocycles. The van der Waals surface area contributed by atoms with Crippen LogP contribution < -0.4 is 5.32 Å². The summed E-state index contributed by atoms with van der Waals surface area (Å²) in [5.41, 5.74) is 0. The summed E-state index contributed by atoms with van der Waals surface area (Å²) in [7, 11) is 0. The molecule has 2 aromatic heterocycles. The Morgan fingerprint density at radius 1 is 1.41 bits per heavy atom. The molecule has 1 fully saturated rings. The van der Waals surface area contributed by atoms with E-state index in [4.69, 9.17) is 0 Å². The number of aromatic nitrogens is 5. The highest BCUT2D eigenvalue weighted by atomic mass is 79.9. The number of amides is 1.